The summed E-state index contributed by atoms with van der Waals surface area (Å²) in [5.74, 6) is -0.327. The third-order valence-electron chi connectivity index (χ3n) is 2.45. The predicted molar refractivity (Wildman–Crippen MR) is 62.9 cm³/mol. The summed E-state index contributed by atoms with van der Waals surface area (Å²) in [6.07, 6.45) is 1.32. The third-order valence-corrected chi connectivity index (χ3v) is 2.45. The fraction of sp³-hybridized carbons (Fsp3) is 0.545. The molecule has 0 atom stereocenters. The number of likely N-dealkylation sites (N-methyl/N-ethyl adjacent to an activating group) is 1. The van der Waals surface area contributed by atoms with Crippen LogP contribution in [0.2, 0.25) is 0 Å². The Morgan fingerprint density at radius 2 is 2.06 bits per heavy atom. The van der Waals surface area contributed by atoms with Crippen molar-refractivity contribution >= 4 is 0 Å². The summed E-state index contributed by atoms with van der Waals surface area (Å²) in [5, 5.41) is 27.0. The summed E-state index contributed by atoms with van der Waals surface area (Å²) in [5.41, 5.74) is 0.254. The van der Waals surface area contributed by atoms with Gasteiger partial charge in [0, 0.05) is 31.4 Å². The minimum Gasteiger partial charge on any atom is -0.503 e. The lowest BCUT2D eigenvalue weighted by atomic mass is 10.3. The summed E-state index contributed by atoms with van der Waals surface area (Å²) in [4.78, 5) is 13.2. The van der Waals surface area contributed by atoms with Gasteiger partial charge in [-0.15, -0.1) is 0 Å². The molecule has 0 spiro atoms. The molecule has 17 heavy (non-hydrogen) atoms. The van der Waals surface area contributed by atoms with Crippen LogP contribution in [0.5, 0.6) is 5.75 Å². The Kier molecular flexibility index (Phi) is 5.14. The molecule has 0 saturated carbocycles. The maximum atomic E-state index is 11.3. The van der Waals surface area contributed by atoms with Crippen LogP contribution < -0.4 is 5.43 Å². The molecular weight excluding hydrogens is 224 g/mol. The molecule has 0 aliphatic heterocycles. The number of aliphatic hydroxyl groups excluding tert-OH is 2. The van der Waals surface area contributed by atoms with Gasteiger partial charge in [0.05, 0.1) is 19.4 Å². The first kappa shape index (κ1) is 13.7. The van der Waals surface area contributed by atoms with Gasteiger partial charge in [0.15, 0.2) is 5.75 Å². The quantitative estimate of drug-likeness (QED) is 0.594. The van der Waals surface area contributed by atoms with Gasteiger partial charge in [0.2, 0.25) is 5.43 Å². The minimum absolute atomic E-state index is 0.0405. The largest absolute Gasteiger partial charge is 0.503 e. The van der Waals surface area contributed by atoms with Gasteiger partial charge in [0.25, 0.3) is 0 Å². The highest BCUT2D eigenvalue weighted by atomic mass is 16.3. The number of hydrogen-bond donors (Lipinski definition) is 3. The maximum absolute atomic E-state index is 11.3. The van der Waals surface area contributed by atoms with Crippen LogP contribution in [0.1, 0.15) is 5.69 Å². The van der Waals surface area contributed by atoms with E-state index in [4.69, 9.17) is 10.2 Å². The second-order valence-electron chi connectivity index (χ2n) is 3.89. The predicted octanol–water partition coefficient (Wildman–Crippen LogP) is -1.03. The van der Waals surface area contributed by atoms with Crippen molar-refractivity contribution in [1.29, 1.82) is 0 Å². The van der Waals surface area contributed by atoms with Gasteiger partial charge in [-0.05, 0) is 7.05 Å². The molecule has 0 amide bonds. The van der Waals surface area contributed by atoms with Crippen molar-refractivity contribution in [3.05, 3.63) is 28.2 Å². The smallest absolute Gasteiger partial charge is 0.223 e. The number of nitrogens with zero attached hydrogens (tertiary/aromatic N) is 2. The van der Waals surface area contributed by atoms with Crippen LogP contribution in [0.15, 0.2) is 17.1 Å². The first-order valence-electron chi connectivity index (χ1n) is 5.41. The van der Waals surface area contributed by atoms with E-state index in [2.05, 4.69) is 0 Å². The average Bonchev–Trinajstić information content (AvgIpc) is 2.26. The normalized spacial score (nSPS) is 11.1. The molecule has 6 nitrogen and oxygen atoms in total. The molecule has 3 N–H and O–H groups in total. The van der Waals surface area contributed by atoms with Crippen molar-refractivity contribution in [2.75, 3.05) is 26.8 Å². The summed E-state index contributed by atoms with van der Waals surface area (Å²) >= 11 is 0. The van der Waals surface area contributed by atoms with Gasteiger partial charge in [-0.3, -0.25) is 9.69 Å². The van der Waals surface area contributed by atoms with Crippen molar-refractivity contribution < 1.29 is 15.3 Å². The van der Waals surface area contributed by atoms with E-state index in [1.54, 1.807) is 4.57 Å². The van der Waals surface area contributed by atoms with Gasteiger partial charge < -0.3 is 19.9 Å². The first-order valence-corrected chi connectivity index (χ1v) is 5.41. The molecule has 1 rings (SSSR count). The Balaban J connectivity index is 2.95. The van der Waals surface area contributed by atoms with Crippen LogP contribution in [0.4, 0.5) is 0 Å². The van der Waals surface area contributed by atoms with E-state index in [0.717, 1.165) is 0 Å². The van der Waals surface area contributed by atoms with Crippen molar-refractivity contribution in [2.24, 2.45) is 0 Å². The molecule has 1 heterocycles. The topological polar surface area (TPSA) is 85.9 Å². The lowest BCUT2D eigenvalue weighted by molar-refractivity contribution is 0.212. The highest BCUT2D eigenvalue weighted by Crippen LogP contribution is 2.07. The second kappa shape index (κ2) is 6.39. The third kappa shape index (κ3) is 3.85. The summed E-state index contributed by atoms with van der Waals surface area (Å²) in [6, 6.07) is 1.35. The van der Waals surface area contributed by atoms with Gasteiger partial charge >= 0.3 is 0 Å². The van der Waals surface area contributed by atoms with E-state index in [1.807, 2.05) is 11.9 Å². The number of hydrogen-bond acceptors (Lipinski definition) is 5. The molecule has 6 heteroatoms. The Labute approximate surface area is 99.4 Å². The van der Waals surface area contributed by atoms with Crippen LogP contribution >= 0.6 is 0 Å². The highest BCUT2D eigenvalue weighted by Gasteiger charge is 2.07. The number of aromatic hydroxyl groups is 1. The Bertz CT molecular complexity index is 416. The van der Waals surface area contributed by atoms with E-state index in [0.29, 0.717) is 25.3 Å². The molecule has 0 unspecified atom stereocenters. The fourth-order valence-corrected chi connectivity index (χ4v) is 1.58. The van der Waals surface area contributed by atoms with Crippen LogP contribution in [-0.4, -0.2) is 51.6 Å². The second-order valence-corrected chi connectivity index (χ2v) is 3.89. The number of aliphatic hydroxyl groups is 2. The zero-order valence-corrected chi connectivity index (χ0v) is 9.83. The van der Waals surface area contributed by atoms with Crippen molar-refractivity contribution in [3.8, 4) is 5.75 Å². The van der Waals surface area contributed by atoms with Gasteiger partial charge in [-0.1, -0.05) is 0 Å². The van der Waals surface area contributed by atoms with E-state index < -0.39 is 5.43 Å². The molecule has 0 aliphatic carbocycles. The minimum atomic E-state index is -0.438. The Hall–Kier alpha value is -1.37. The maximum Gasteiger partial charge on any atom is 0.223 e. The van der Waals surface area contributed by atoms with Crippen LogP contribution in [0.3, 0.4) is 0 Å². The monoisotopic (exact) mass is 242 g/mol. The number of rotatable bonds is 6. The molecule has 96 valence electrons. The number of pyridine rings is 1. The lowest BCUT2D eigenvalue weighted by Gasteiger charge is -2.19. The molecular formula is C11H18N2O4. The zero-order valence-electron chi connectivity index (χ0n) is 9.83. The van der Waals surface area contributed by atoms with Crippen LogP contribution in [-0.2, 0) is 13.1 Å². The average molecular weight is 242 g/mol. The highest BCUT2D eigenvalue weighted by molar-refractivity contribution is 5.20. The van der Waals surface area contributed by atoms with Gasteiger partial charge in [-0.2, -0.15) is 0 Å². The first-order chi connectivity index (χ1) is 8.08. The number of aromatic nitrogens is 1. The van der Waals surface area contributed by atoms with E-state index in [-0.39, 0.29) is 19.0 Å². The van der Waals surface area contributed by atoms with Crippen molar-refractivity contribution in [2.45, 2.75) is 13.1 Å². The molecule has 1 aromatic rings. The summed E-state index contributed by atoms with van der Waals surface area (Å²) in [6.45, 7) is 1.25. The molecule has 1 aromatic heterocycles. The molecule has 0 aliphatic rings. The summed E-state index contributed by atoms with van der Waals surface area (Å²) < 4.78 is 1.63. The standard InChI is InChI=1S/C11H18N2O4/c1-12(2-4-14)7-9-6-10(16)11(17)8-13(9)3-5-15/h6,8,14-15,17H,2-5,7H2,1H3. The molecule has 0 saturated heterocycles. The fourth-order valence-electron chi connectivity index (χ4n) is 1.58. The Morgan fingerprint density at radius 1 is 1.35 bits per heavy atom. The Morgan fingerprint density at radius 3 is 2.65 bits per heavy atom. The molecule has 0 bridgehead atoms. The van der Waals surface area contributed by atoms with Crippen molar-refractivity contribution in [1.82, 2.24) is 9.47 Å². The molecule has 0 aromatic carbocycles. The molecule has 0 radical (unpaired) electrons. The van der Waals surface area contributed by atoms with Gasteiger partial charge in [-0.25, -0.2) is 0 Å². The van der Waals surface area contributed by atoms with Gasteiger partial charge in [0.1, 0.15) is 0 Å². The van der Waals surface area contributed by atoms with E-state index >= 15 is 0 Å². The SMILES string of the molecule is CN(CCO)Cc1cc(=O)c(O)cn1CCO. The van der Waals surface area contributed by atoms with Crippen LogP contribution in [0, 0.1) is 0 Å². The van der Waals surface area contributed by atoms with E-state index in [9.17, 15) is 9.90 Å². The summed E-state index contributed by atoms with van der Waals surface area (Å²) in [7, 11) is 1.82. The molecule has 0 fully saturated rings. The lowest BCUT2D eigenvalue weighted by Crippen LogP contribution is -2.25. The van der Waals surface area contributed by atoms with E-state index in [1.165, 1.54) is 12.3 Å². The van der Waals surface area contributed by atoms with Crippen LogP contribution in [0.25, 0.3) is 0 Å². The zero-order chi connectivity index (χ0) is 12.8. The van der Waals surface area contributed by atoms with Crippen molar-refractivity contribution in [3.63, 3.8) is 0 Å².